The number of alkyl halides is 3. The largest absolute Gasteiger partial charge is 0.392 e. The zero-order valence-electron chi connectivity index (χ0n) is 21.5. The van der Waals surface area contributed by atoms with Crippen LogP contribution in [0.4, 0.5) is 19.1 Å². The van der Waals surface area contributed by atoms with Crippen LogP contribution in [0.5, 0.6) is 0 Å². The van der Waals surface area contributed by atoms with Crippen LogP contribution in [-0.2, 0) is 14.9 Å². The average molecular weight is 544 g/mol. The molecule has 206 valence electrons. The predicted molar refractivity (Wildman–Crippen MR) is 134 cm³/mol. The average Bonchev–Trinajstić information content (AvgIpc) is 3.40. The van der Waals surface area contributed by atoms with E-state index in [4.69, 9.17) is 35.3 Å². The van der Waals surface area contributed by atoms with E-state index in [1.165, 1.54) is 12.3 Å². The molecular weight excluding hydrogens is 515 g/mol. The molecule has 2 N–H and O–H groups in total. The molecule has 0 aromatic carbocycles. The Hall–Kier alpha value is -3.32. The fourth-order valence-electron chi connectivity index (χ4n) is 6.49. The van der Waals surface area contributed by atoms with Gasteiger partial charge in [-0.15, -0.1) is 0 Å². The molecule has 10 nitrogen and oxygen atoms in total. The maximum absolute atomic E-state index is 13.6. The zero-order valence-corrected chi connectivity index (χ0v) is 21.5. The lowest BCUT2D eigenvalue weighted by Gasteiger charge is -2.38. The summed E-state index contributed by atoms with van der Waals surface area (Å²) in [5.41, 5.74) is 2.71. The maximum atomic E-state index is 13.6. The number of morpholine rings is 1. The second-order valence-electron chi connectivity index (χ2n) is 11.3. The topological polar surface area (TPSA) is 121 Å². The summed E-state index contributed by atoms with van der Waals surface area (Å²) in [6.07, 6.45) is -2.87. The molecule has 2 aliphatic heterocycles. The third-order valence-electron chi connectivity index (χ3n) is 8.73. The molecule has 13 heteroatoms. The third-order valence-corrected chi connectivity index (χ3v) is 8.73. The van der Waals surface area contributed by atoms with E-state index >= 15 is 0 Å². The number of nitrogens with zero attached hydrogens (tertiary/aromatic N) is 6. The summed E-state index contributed by atoms with van der Waals surface area (Å²) < 4.78 is 53.3. The SMILES string of the molecule is Cc1nc2nc(N3C[C@@H](C)O[C@@H](c4ccc(=O)n(N)c4)C3)nc(C34CC(C(F)(F)F)C3C4)c2nc1C1COC1. The van der Waals surface area contributed by atoms with Gasteiger partial charge in [0, 0.05) is 35.7 Å². The first-order valence-corrected chi connectivity index (χ1v) is 13.1. The van der Waals surface area contributed by atoms with E-state index in [2.05, 4.69) is 0 Å². The Labute approximate surface area is 221 Å². The fourth-order valence-corrected chi connectivity index (χ4v) is 6.49. The summed E-state index contributed by atoms with van der Waals surface area (Å²) in [4.78, 5) is 33.1. The number of aromatic nitrogens is 5. The van der Waals surface area contributed by atoms with Gasteiger partial charge in [0.2, 0.25) is 5.95 Å². The highest BCUT2D eigenvalue weighted by molar-refractivity contribution is 5.77. The van der Waals surface area contributed by atoms with Crippen LogP contribution in [0.2, 0.25) is 0 Å². The van der Waals surface area contributed by atoms with Crippen LogP contribution < -0.4 is 16.3 Å². The van der Waals surface area contributed by atoms with E-state index in [9.17, 15) is 18.0 Å². The van der Waals surface area contributed by atoms with E-state index in [-0.39, 0.29) is 24.0 Å². The maximum Gasteiger partial charge on any atom is 0.392 e. The van der Waals surface area contributed by atoms with E-state index in [1.54, 1.807) is 6.07 Å². The quantitative estimate of drug-likeness (QED) is 0.495. The van der Waals surface area contributed by atoms with E-state index in [1.807, 2.05) is 18.7 Å². The van der Waals surface area contributed by atoms with Crippen LogP contribution >= 0.6 is 0 Å². The third kappa shape index (κ3) is 3.88. The van der Waals surface area contributed by atoms with Gasteiger partial charge in [-0.05, 0) is 38.7 Å². The number of pyridine rings is 1. The number of ether oxygens (including phenoxy) is 2. The Kier molecular flexibility index (Phi) is 5.28. The van der Waals surface area contributed by atoms with Gasteiger partial charge in [0.25, 0.3) is 5.56 Å². The van der Waals surface area contributed by atoms with Crippen LogP contribution in [0.25, 0.3) is 11.2 Å². The van der Waals surface area contributed by atoms with Gasteiger partial charge < -0.3 is 20.2 Å². The number of aryl methyl sites for hydroxylation is 1. The number of fused-ring (bicyclic) bond motifs is 2. The summed E-state index contributed by atoms with van der Waals surface area (Å²) in [6, 6.07) is 3.06. The van der Waals surface area contributed by atoms with Gasteiger partial charge in [0.05, 0.1) is 48.9 Å². The molecule has 5 heterocycles. The number of hydrogen-bond donors (Lipinski definition) is 1. The van der Waals surface area contributed by atoms with E-state index in [0.29, 0.717) is 55.5 Å². The number of hydrogen-bond acceptors (Lipinski definition) is 9. The van der Waals surface area contributed by atoms with Gasteiger partial charge in [0.1, 0.15) is 11.6 Å². The van der Waals surface area contributed by atoms with Crippen LogP contribution in [0.1, 0.15) is 54.4 Å². The molecule has 5 atom stereocenters. The number of halogens is 3. The molecule has 39 heavy (non-hydrogen) atoms. The Bertz CT molecular complexity index is 1540. The highest BCUT2D eigenvalue weighted by atomic mass is 19.4. The highest BCUT2D eigenvalue weighted by Gasteiger charge is 2.75. The first-order chi connectivity index (χ1) is 18.5. The molecule has 4 fully saturated rings. The van der Waals surface area contributed by atoms with Gasteiger partial charge in [0.15, 0.2) is 5.65 Å². The molecule has 3 aromatic rings. The number of nitrogen functional groups attached to an aromatic ring is 1. The van der Waals surface area contributed by atoms with Gasteiger partial charge in [-0.2, -0.15) is 18.2 Å². The molecule has 3 unspecified atom stereocenters. The standard InChI is InChI=1S/C26H28F3N7O3/c1-12-7-35(9-18(39-12)14-3-4-19(37)36(30)8-14)24-33-22(25-5-16(25)17(6-25)26(27,28)29)21-23(34-24)31-13(2)20(32-21)15-10-38-11-15/h3-4,8,12,15-18H,5-7,9-11,30H2,1-2H3/t12-,16?,17?,18-,25?/m1/s1. The van der Waals surface area contributed by atoms with Crippen molar-refractivity contribution in [3.8, 4) is 0 Å². The molecule has 0 amide bonds. The fraction of sp³-hybridized carbons (Fsp3) is 0.577. The first-order valence-electron chi connectivity index (χ1n) is 13.1. The lowest BCUT2D eigenvalue weighted by molar-refractivity contribution is -0.200. The molecule has 0 radical (unpaired) electrons. The first kappa shape index (κ1) is 24.7. The molecule has 2 saturated carbocycles. The lowest BCUT2D eigenvalue weighted by Crippen LogP contribution is -2.45. The van der Waals surface area contributed by atoms with E-state index in [0.717, 1.165) is 21.6 Å². The molecule has 2 saturated heterocycles. The Morgan fingerprint density at radius 2 is 1.90 bits per heavy atom. The molecule has 7 rings (SSSR count). The number of rotatable bonds is 4. The number of nitrogens with two attached hydrogens (primary N) is 1. The van der Waals surface area contributed by atoms with Crippen molar-refractivity contribution in [3.63, 3.8) is 0 Å². The van der Waals surface area contributed by atoms with Crippen molar-refractivity contribution < 1.29 is 22.6 Å². The van der Waals surface area contributed by atoms with Crippen LogP contribution in [0.3, 0.4) is 0 Å². The Morgan fingerprint density at radius 1 is 1.10 bits per heavy atom. The lowest BCUT2D eigenvalue weighted by atomic mass is 9.72. The van der Waals surface area contributed by atoms with Crippen LogP contribution in [0, 0.1) is 18.8 Å². The van der Waals surface area contributed by atoms with Crippen molar-refractivity contribution in [2.45, 2.75) is 56.4 Å². The second kappa shape index (κ2) is 8.34. The Morgan fingerprint density at radius 3 is 2.56 bits per heavy atom. The van der Waals surface area contributed by atoms with E-state index < -0.39 is 29.5 Å². The summed E-state index contributed by atoms with van der Waals surface area (Å²) >= 11 is 0. The summed E-state index contributed by atoms with van der Waals surface area (Å²) in [6.45, 7) is 5.74. The predicted octanol–water partition coefficient (Wildman–Crippen LogP) is 2.52. The highest BCUT2D eigenvalue weighted by Crippen LogP contribution is 2.74. The summed E-state index contributed by atoms with van der Waals surface area (Å²) in [5, 5.41) is 0. The zero-order chi connectivity index (χ0) is 27.3. The van der Waals surface area contributed by atoms with Gasteiger partial charge in [-0.25, -0.2) is 19.6 Å². The molecule has 4 aliphatic rings. The summed E-state index contributed by atoms with van der Waals surface area (Å²) in [7, 11) is 0. The van der Waals surface area contributed by atoms with Crippen LogP contribution in [-0.4, -0.2) is 63.2 Å². The van der Waals surface area contributed by atoms with Crippen molar-refractivity contribution in [1.82, 2.24) is 24.6 Å². The second-order valence-corrected chi connectivity index (χ2v) is 11.3. The monoisotopic (exact) mass is 543 g/mol. The molecule has 2 aliphatic carbocycles. The van der Waals surface area contributed by atoms with Crippen molar-refractivity contribution in [1.29, 1.82) is 0 Å². The smallest absolute Gasteiger partial charge is 0.380 e. The van der Waals surface area contributed by atoms with Gasteiger partial charge in [-0.1, -0.05) is 0 Å². The minimum absolute atomic E-state index is 0.00430. The summed E-state index contributed by atoms with van der Waals surface area (Å²) in [5.74, 6) is 4.46. The number of anilines is 1. The van der Waals surface area contributed by atoms with Crippen molar-refractivity contribution >= 4 is 17.1 Å². The van der Waals surface area contributed by atoms with Crippen molar-refractivity contribution in [2.75, 3.05) is 37.0 Å². The minimum atomic E-state index is -4.22. The van der Waals surface area contributed by atoms with Crippen LogP contribution in [0.15, 0.2) is 23.1 Å². The van der Waals surface area contributed by atoms with Crippen molar-refractivity contribution in [3.05, 3.63) is 51.3 Å². The molecule has 0 bridgehead atoms. The normalized spacial score (nSPS) is 30.5. The van der Waals surface area contributed by atoms with Crippen molar-refractivity contribution in [2.24, 2.45) is 11.8 Å². The molecule has 3 aromatic heterocycles. The van der Waals surface area contributed by atoms with Gasteiger partial charge in [-0.3, -0.25) is 4.79 Å². The minimum Gasteiger partial charge on any atom is -0.380 e. The van der Waals surface area contributed by atoms with Gasteiger partial charge >= 0.3 is 6.18 Å². The molecule has 0 spiro atoms. The molecular formula is C26H28F3N7O3. The Balaban J connectivity index is 1.30.